The zero-order valence-electron chi connectivity index (χ0n) is 10.5. The molecule has 3 rings (SSSR count). The SMILES string of the molecule is NC(c1c[nH]c2cc(Br)ccc12)C1CCCCC1. The Morgan fingerprint density at radius 3 is 2.78 bits per heavy atom. The maximum absolute atomic E-state index is 6.49. The van der Waals surface area contributed by atoms with Crippen LogP contribution in [-0.2, 0) is 0 Å². The van der Waals surface area contributed by atoms with Crippen LogP contribution in [-0.4, -0.2) is 4.98 Å². The molecule has 1 aliphatic rings. The Kier molecular flexibility index (Phi) is 3.44. The number of hydrogen-bond donors (Lipinski definition) is 2. The van der Waals surface area contributed by atoms with Crippen LogP contribution in [0.3, 0.4) is 0 Å². The summed E-state index contributed by atoms with van der Waals surface area (Å²) in [5.41, 5.74) is 8.94. The number of rotatable bonds is 2. The summed E-state index contributed by atoms with van der Waals surface area (Å²) in [4.78, 5) is 3.34. The van der Waals surface area contributed by atoms with Gasteiger partial charge in [0.25, 0.3) is 0 Å². The van der Waals surface area contributed by atoms with Crippen molar-refractivity contribution in [2.75, 3.05) is 0 Å². The fourth-order valence-corrected chi connectivity index (χ4v) is 3.50. The van der Waals surface area contributed by atoms with Crippen LogP contribution < -0.4 is 5.73 Å². The van der Waals surface area contributed by atoms with Crippen molar-refractivity contribution in [1.29, 1.82) is 0 Å². The zero-order valence-corrected chi connectivity index (χ0v) is 12.0. The molecule has 2 nitrogen and oxygen atoms in total. The Morgan fingerprint density at radius 2 is 2.00 bits per heavy atom. The molecule has 2 aromatic rings. The number of fused-ring (bicyclic) bond motifs is 1. The van der Waals surface area contributed by atoms with Gasteiger partial charge in [0.1, 0.15) is 0 Å². The topological polar surface area (TPSA) is 41.8 Å². The van der Waals surface area contributed by atoms with E-state index in [4.69, 9.17) is 5.73 Å². The minimum atomic E-state index is 0.181. The monoisotopic (exact) mass is 306 g/mol. The molecule has 3 N–H and O–H groups in total. The molecular formula is C15H19BrN2. The number of aromatic nitrogens is 1. The van der Waals surface area contributed by atoms with Crippen molar-refractivity contribution < 1.29 is 0 Å². The Hall–Kier alpha value is -0.800. The first kappa shape index (κ1) is 12.2. The Balaban J connectivity index is 1.93. The van der Waals surface area contributed by atoms with Crippen LogP contribution in [0.15, 0.2) is 28.9 Å². The molecule has 18 heavy (non-hydrogen) atoms. The lowest BCUT2D eigenvalue weighted by molar-refractivity contribution is 0.309. The molecule has 0 aliphatic heterocycles. The number of H-pyrrole nitrogens is 1. The molecule has 0 spiro atoms. The van der Waals surface area contributed by atoms with E-state index >= 15 is 0 Å². The van der Waals surface area contributed by atoms with Crippen LogP contribution in [0.1, 0.15) is 43.7 Å². The van der Waals surface area contributed by atoms with Gasteiger partial charge in [0, 0.05) is 27.6 Å². The van der Waals surface area contributed by atoms with Crippen molar-refractivity contribution in [2.45, 2.75) is 38.1 Å². The molecule has 3 heteroatoms. The molecule has 96 valence electrons. The van der Waals surface area contributed by atoms with Crippen molar-refractivity contribution in [2.24, 2.45) is 11.7 Å². The third-order valence-corrected chi connectivity index (χ3v) is 4.69. The Labute approximate surface area is 116 Å². The highest BCUT2D eigenvalue weighted by molar-refractivity contribution is 9.10. The second-order valence-corrected chi connectivity index (χ2v) is 6.27. The van der Waals surface area contributed by atoms with Gasteiger partial charge in [0.15, 0.2) is 0 Å². The van der Waals surface area contributed by atoms with Crippen molar-refractivity contribution in [1.82, 2.24) is 4.98 Å². The predicted molar refractivity (Wildman–Crippen MR) is 79.5 cm³/mol. The zero-order chi connectivity index (χ0) is 12.5. The number of hydrogen-bond acceptors (Lipinski definition) is 1. The van der Waals surface area contributed by atoms with Gasteiger partial charge in [-0.05, 0) is 36.5 Å². The standard InChI is InChI=1S/C15H19BrN2/c16-11-6-7-12-13(9-18-14(12)8-11)15(17)10-4-2-1-3-5-10/h6-10,15,18H,1-5,17H2. The van der Waals surface area contributed by atoms with Gasteiger partial charge in [-0.1, -0.05) is 41.3 Å². The van der Waals surface area contributed by atoms with Crippen molar-refractivity contribution in [3.05, 3.63) is 34.4 Å². The molecule has 0 saturated heterocycles. The third kappa shape index (κ3) is 2.21. The average molecular weight is 307 g/mol. The van der Waals surface area contributed by atoms with E-state index in [2.05, 4.69) is 45.3 Å². The fourth-order valence-electron chi connectivity index (χ4n) is 3.14. The molecule has 0 radical (unpaired) electrons. The average Bonchev–Trinajstić information content (AvgIpc) is 2.81. The van der Waals surface area contributed by atoms with E-state index in [1.54, 1.807) is 0 Å². The van der Waals surface area contributed by atoms with Crippen LogP contribution >= 0.6 is 15.9 Å². The van der Waals surface area contributed by atoms with Gasteiger partial charge in [-0.15, -0.1) is 0 Å². The van der Waals surface area contributed by atoms with E-state index in [1.165, 1.54) is 48.6 Å². The fraction of sp³-hybridized carbons (Fsp3) is 0.467. The number of nitrogens with one attached hydrogen (secondary N) is 1. The Bertz CT molecular complexity index is 540. The van der Waals surface area contributed by atoms with E-state index in [-0.39, 0.29) is 6.04 Å². The lowest BCUT2D eigenvalue weighted by Gasteiger charge is -2.27. The van der Waals surface area contributed by atoms with Crippen LogP contribution in [0.25, 0.3) is 10.9 Å². The summed E-state index contributed by atoms with van der Waals surface area (Å²) in [6.45, 7) is 0. The second kappa shape index (κ2) is 5.06. The molecular weight excluding hydrogens is 288 g/mol. The summed E-state index contributed by atoms with van der Waals surface area (Å²) >= 11 is 3.50. The third-order valence-electron chi connectivity index (χ3n) is 4.19. The quantitative estimate of drug-likeness (QED) is 0.842. The highest BCUT2D eigenvalue weighted by Gasteiger charge is 2.23. The molecule has 1 aromatic heterocycles. The molecule has 1 unspecified atom stereocenters. The minimum absolute atomic E-state index is 0.181. The highest BCUT2D eigenvalue weighted by Crippen LogP contribution is 2.36. The van der Waals surface area contributed by atoms with E-state index < -0.39 is 0 Å². The smallest absolute Gasteiger partial charge is 0.0468 e. The van der Waals surface area contributed by atoms with Gasteiger partial charge in [0.05, 0.1) is 0 Å². The lowest BCUT2D eigenvalue weighted by atomic mass is 9.81. The van der Waals surface area contributed by atoms with Crippen molar-refractivity contribution in [3.8, 4) is 0 Å². The van der Waals surface area contributed by atoms with Gasteiger partial charge in [-0.25, -0.2) is 0 Å². The second-order valence-electron chi connectivity index (χ2n) is 5.36. The summed E-state index contributed by atoms with van der Waals surface area (Å²) in [5, 5.41) is 1.27. The summed E-state index contributed by atoms with van der Waals surface area (Å²) in [6.07, 6.45) is 8.72. The van der Waals surface area contributed by atoms with E-state index in [0.29, 0.717) is 5.92 Å². The molecule has 1 atom stereocenters. The summed E-state index contributed by atoms with van der Waals surface area (Å²) < 4.78 is 1.11. The van der Waals surface area contributed by atoms with Gasteiger partial charge >= 0.3 is 0 Å². The van der Waals surface area contributed by atoms with Gasteiger partial charge in [-0.3, -0.25) is 0 Å². The number of benzene rings is 1. The van der Waals surface area contributed by atoms with Gasteiger partial charge in [0.2, 0.25) is 0 Å². The van der Waals surface area contributed by atoms with Crippen LogP contribution in [0.5, 0.6) is 0 Å². The predicted octanol–water partition coefficient (Wildman–Crippen LogP) is 4.51. The normalized spacial score (nSPS) is 19.2. The molecule has 1 fully saturated rings. The molecule has 1 aliphatic carbocycles. The van der Waals surface area contributed by atoms with Crippen molar-refractivity contribution in [3.63, 3.8) is 0 Å². The number of nitrogens with two attached hydrogens (primary N) is 1. The van der Waals surface area contributed by atoms with E-state index in [1.807, 2.05) is 0 Å². The first-order valence-electron chi connectivity index (χ1n) is 6.78. The van der Waals surface area contributed by atoms with Crippen LogP contribution in [0.4, 0.5) is 0 Å². The van der Waals surface area contributed by atoms with E-state index in [9.17, 15) is 0 Å². The molecule has 1 aromatic carbocycles. The maximum Gasteiger partial charge on any atom is 0.0468 e. The summed E-state index contributed by atoms with van der Waals surface area (Å²) in [5.74, 6) is 0.654. The minimum Gasteiger partial charge on any atom is -0.361 e. The molecule has 1 saturated carbocycles. The summed E-state index contributed by atoms with van der Waals surface area (Å²) in [6, 6.07) is 6.55. The highest BCUT2D eigenvalue weighted by atomic mass is 79.9. The number of aromatic amines is 1. The largest absolute Gasteiger partial charge is 0.361 e. The van der Waals surface area contributed by atoms with Gasteiger partial charge in [-0.2, -0.15) is 0 Å². The first-order valence-corrected chi connectivity index (χ1v) is 7.57. The van der Waals surface area contributed by atoms with Crippen LogP contribution in [0.2, 0.25) is 0 Å². The number of halogens is 1. The summed E-state index contributed by atoms with van der Waals surface area (Å²) in [7, 11) is 0. The maximum atomic E-state index is 6.49. The first-order chi connectivity index (χ1) is 8.75. The molecule has 1 heterocycles. The van der Waals surface area contributed by atoms with Crippen LogP contribution in [0, 0.1) is 5.92 Å². The van der Waals surface area contributed by atoms with Crippen molar-refractivity contribution >= 4 is 26.8 Å². The molecule has 0 amide bonds. The molecule has 0 bridgehead atoms. The van der Waals surface area contributed by atoms with E-state index in [0.717, 1.165) is 4.47 Å². The lowest BCUT2D eigenvalue weighted by Crippen LogP contribution is -2.23. The Morgan fingerprint density at radius 1 is 1.22 bits per heavy atom. The van der Waals surface area contributed by atoms with Gasteiger partial charge < -0.3 is 10.7 Å².